The normalized spacial score (nSPS) is 20.8. The number of carbonyl (C=O) groups excluding carboxylic acids is 2. The maximum Gasteiger partial charge on any atom is 0.251 e. The molecule has 0 spiro atoms. The van der Waals surface area contributed by atoms with E-state index in [1.165, 1.54) is 6.07 Å². The molecule has 20 heavy (non-hydrogen) atoms. The van der Waals surface area contributed by atoms with Gasteiger partial charge in [-0.25, -0.2) is 8.42 Å². The molecule has 2 rings (SSSR count). The number of amides is 1. The van der Waals surface area contributed by atoms with Crippen LogP contribution in [0.2, 0.25) is 0 Å². The first-order valence-corrected chi connectivity index (χ1v) is 7.60. The molecule has 0 saturated carbocycles. The zero-order valence-corrected chi connectivity index (χ0v) is 11.5. The summed E-state index contributed by atoms with van der Waals surface area (Å²) in [5.41, 5.74) is 0. The molecule has 1 heterocycles. The van der Waals surface area contributed by atoms with Crippen LogP contribution >= 0.6 is 0 Å². The minimum atomic E-state index is -3.75. The molecular weight excluding hydrogens is 280 g/mol. The Bertz CT molecular complexity index is 586. The van der Waals surface area contributed by atoms with Crippen LogP contribution in [0.25, 0.3) is 0 Å². The van der Waals surface area contributed by atoms with Crippen molar-refractivity contribution in [2.75, 3.05) is 13.1 Å². The number of sulfonamides is 1. The average molecular weight is 294 g/mol. The standard InChI is InChI=1S/C13H14N2O4S/c16-10-14-12-7-4-8-15(9-13(12)17)20(18,19)11-5-2-1-3-6-11/h1-2,5,10,12H,4,7-9H2,(H,14,16). The first-order valence-electron chi connectivity index (χ1n) is 6.16. The third-order valence-corrected chi connectivity index (χ3v) is 4.92. The van der Waals surface area contributed by atoms with Gasteiger partial charge in [0.1, 0.15) is 4.90 Å². The number of hydrogen-bond donors (Lipinski definition) is 1. The number of Topliss-reactive ketones (excluding diaryl/α,β-unsaturated/α-hetero) is 1. The summed E-state index contributed by atoms with van der Waals surface area (Å²) in [6.45, 7) is 0.00438. The van der Waals surface area contributed by atoms with E-state index < -0.39 is 16.1 Å². The van der Waals surface area contributed by atoms with Crippen LogP contribution in [0.1, 0.15) is 12.8 Å². The van der Waals surface area contributed by atoms with Gasteiger partial charge in [0.15, 0.2) is 5.78 Å². The highest BCUT2D eigenvalue weighted by Gasteiger charge is 2.32. The number of hydrogen-bond acceptors (Lipinski definition) is 4. The van der Waals surface area contributed by atoms with Gasteiger partial charge >= 0.3 is 0 Å². The van der Waals surface area contributed by atoms with Gasteiger partial charge in [-0.1, -0.05) is 12.1 Å². The quantitative estimate of drug-likeness (QED) is 0.777. The van der Waals surface area contributed by atoms with Crippen LogP contribution in [0, 0.1) is 12.1 Å². The minimum Gasteiger partial charge on any atom is -0.349 e. The Kier molecular flexibility index (Phi) is 4.37. The van der Waals surface area contributed by atoms with E-state index in [1.807, 2.05) is 0 Å². The summed E-state index contributed by atoms with van der Waals surface area (Å²) in [6.07, 6.45) is 1.41. The fourth-order valence-electron chi connectivity index (χ4n) is 2.09. The van der Waals surface area contributed by atoms with Crippen molar-refractivity contribution in [1.29, 1.82) is 0 Å². The molecule has 1 aromatic carbocycles. The van der Waals surface area contributed by atoms with Gasteiger partial charge in [-0.3, -0.25) is 9.59 Å². The Morgan fingerprint density at radius 2 is 2.25 bits per heavy atom. The lowest BCUT2D eigenvalue weighted by Crippen LogP contribution is -2.41. The third-order valence-electron chi connectivity index (χ3n) is 3.13. The molecule has 1 unspecified atom stereocenters. The highest BCUT2D eigenvalue weighted by atomic mass is 32.2. The molecule has 1 aromatic rings. The van der Waals surface area contributed by atoms with Crippen LogP contribution in [0.15, 0.2) is 23.1 Å². The average Bonchev–Trinajstić information content (AvgIpc) is 2.63. The summed E-state index contributed by atoms with van der Waals surface area (Å²) in [5, 5.41) is 2.42. The predicted molar refractivity (Wildman–Crippen MR) is 70.1 cm³/mol. The van der Waals surface area contributed by atoms with E-state index in [2.05, 4.69) is 17.4 Å². The van der Waals surface area contributed by atoms with Crippen molar-refractivity contribution in [2.24, 2.45) is 0 Å². The lowest BCUT2D eigenvalue weighted by atomic mass is 10.1. The molecule has 0 radical (unpaired) electrons. The number of rotatable bonds is 4. The maximum atomic E-state index is 12.4. The van der Waals surface area contributed by atoms with Gasteiger partial charge < -0.3 is 5.32 Å². The second-order valence-electron chi connectivity index (χ2n) is 4.44. The van der Waals surface area contributed by atoms with Crippen molar-refractivity contribution < 1.29 is 18.0 Å². The largest absolute Gasteiger partial charge is 0.349 e. The van der Waals surface area contributed by atoms with Crippen molar-refractivity contribution in [1.82, 2.24) is 9.62 Å². The molecule has 0 bridgehead atoms. The van der Waals surface area contributed by atoms with Crippen LogP contribution < -0.4 is 5.32 Å². The maximum absolute atomic E-state index is 12.4. The minimum absolute atomic E-state index is 0.00500. The van der Waals surface area contributed by atoms with Gasteiger partial charge in [0.25, 0.3) is 10.0 Å². The Balaban J connectivity index is 2.21. The second kappa shape index (κ2) is 6.03. The van der Waals surface area contributed by atoms with Gasteiger partial charge in [0, 0.05) is 6.54 Å². The molecule has 1 aliphatic heterocycles. The molecule has 1 saturated heterocycles. The molecule has 1 amide bonds. The molecular formula is C13H14N2O4S. The van der Waals surface area contributed by atoms with E-state index in [0.29, 0.717) is 19.3 Å². The zero-order chi connectivity index (χ0) is 14.6. The van der Waals surface area contributed by atoms with E-state index in [0.717, 1.165) is 4.31 Å². The van der Waals surface area contributed by atoms with E-state index in [4.69, 9.17) is 0 Å². The number of ketones is 1. The fraction of sp³-hybridized carbons (Fsp3) is 0.385. The lowest BCUT2D eigenvalue weighted by molar-refractivity contribution is -0.123. The number of nitrogens with zero attached hydrogens (tertiary/aromatic N) is 1. The highest BCUT2D eigenvalue weighted by molar-refractivity contribution is 7.89. The molecule has 0 aromatic heterocycles. The first kappa shape index (κ1) is 14.5. The number of nitrogens with one attached hydrogen (secondary N) is 1. The zero-order valence-electron chi connectivity index (χ0n) is 10.7. The Morgan fingerprint density at radius 1 is 1.45 bits per heavy atom. The summed E-state index contributed by atoms with van der Waals surface area (Å²) in [4.78, 5) is 22.4. The Labute approximate surface area is 117 Å². The van der Waals surface area contributed by atoms with E-state index in [1.54, 1.807) is 12.1 Å². The van der Waals surface area contributed by atoms with Crippen LogP contribution in [-0.4, -0.2) is 44.0 Å². The van der Waals surface area contributed by atoms with Gasteiger partial charge in [-0.2, -0.15) is 4.31 Å². The van der Waals surface area contributed by atoms with Gasteiger partial charge in [-0.15, -0.1) is 0 Å². The highest BCUT2D eigenvalue weighted by Crippen LogP contribution is 2.17. The third kappa shape index (κ3) is 2.98. The first-order chi connectivity index (χ1) is 9.55. The van der Waals surface area contributed by atoms with Crippen molar-refractivity contribution >= 4 is 22.2 Å². The molecule has 7 heteroatoms. The summed E-state index contributed by atoms with van der Waals surface area (Å²) >= 11 is 0. The fourth-order valence-corrected chi connectivity index (χ4v) is 3.47. The van der Waals surface area contributed by atoms with Crippen molar-refractivity contribution in [2.45, 2.75) is 23.8 Å². The van der Waals surface area contributed by atoms with Crippen molar-refractivity contribution in [3.05, 3.63) is 30.3 Å². The van der Waals surface area contributed by atoms with E-state index in [-0.39, 0.29) is 23.8 Å². The van der Waals surface area contributed by atoms with Crippen LogP contribution in [0.5, 0.6) is 0 Å². The molecule has 6 nitrogen and oxygen atoms in total. The van der Waals surface area contributed by atoms with Gasteiger partial charge in [-0.05, 0) is 31.0 Å². The van der Waals surface area contributed by atoms with Crippen LogP contribution in [0.4, 0.5) is 0 Å². The summed E-state index contributed by atoms with van der Waals surface area (Å²) in [6, 6.07) is 9.04. The molecule has 1 atom stereocenters. The van der Waals surface area contributed by atoms with E-state index >= 15 is 0 Å². The molecule has 1 aliphatic rings. The van der Waals surface area contributed by atoms with Crippen LogP contribution in [-0.2, 0) is 19.6 Å². The van der Waals surface area contributed by atoms with Crippen molar-refractivity contribution in [3.63, 3.8) is 0 Å². The summed E-state index contributed by atoms with van der Waals surface area (Å²) < 4.78 is 25.9. The molecule has 1 N–H and O–H groups in total. The SMILES string of the molecule is O=CNC1CCCN(S(=O)(=O)c2c#cccc2)CC1=O. The predicted octanol–water partition coefficient (Wildman–Crippen LogP) is -0.245. The summed E-state index contributed by atoms with van der Waals surface area (Å²) in [5.74, 6) is -0.307. The molecule has 1 fully saturated rings. The molecule has 106 valence electrons. The number of carbonyl (C=O) groups is 2. The Morgan fingerprint density at radius 3 is 2.90 bits per heavy atom. The second-order valence-corrected chi connectivity index (χ2v) is 6.35. The van der Waals surface area contributed by atoms with Crippen molar-refractivity contribution in [3.8, 4) is 0 Å². The van der Waals surface area contributed by atoms with E-state index in [9.17, 15) is 18.0 Å². The smallest absolute Gasteiger partial charge is 0.251 e. The van der Waals surface area contributed by atoms with Gasteiger partial charge in [0.05, 0.1) is 12.6 Å². The van der Waals surface area contributed by atoms with Gasteiger partial charge in [0.2, 0.25) is 6.41 Å². The Hall–Kier alpha value is -1.91. The molecule has 0 aliphatic carbocycles. The topological polar surface area (TPSA) is 83.6 Å². The lowest BCUT2D eigenvalue weighted by Gasteiger charge is -2.18. The van der Waals surface area contributed by atoms with Crippen LogP contribution in [0.3, 0.4) is 0 Å². The monoisotopic (exact) mass is 294 g/mol. The summed E-state index contributed by atoms with van der Waals surface area (Å²) in [7, 11) is -3.75.